The van der Waals surface area contributed by atoms with E-state index in [4.69, 9.17) is 14.9 Å². The van der Waals surface area contributed by atoms with Gasteiger partial charge in [-0.2, -0.15) is 0 Å². The Morgan fingerprint density at radius 1 is 1.18 bits per heavy atom. The third kappa shape index (κ3) is 5.24. The van der Waals surface area contributed by atoms with E-state index >= 15 is 0 Å². The highest BCUT2D eigenvalue weighted by molar-refractivity contribution is 7.23. The van der Waals surface area contributed by atoms with Gasteiger partial charge in [0.15, 0.2) is 11.3 Å². The van der Waals surface area contributed by atoms with Gasteiger partial charge in [-0.05, 0) is 30.4 Å². The van der Waals surface area contributed by atoms with E-state index in [1.165, 1.54) is 29.1 Å². The van der Waals surface area contributed by atoms with Crippen LogP contribution in [-0.2, 0) is 4.74 Å². The first-order valence-corrected chi connectivity index (χ1v) is 14.8. The summed E-state index contributed by atoms with van der Waals surface area (Å²) in [7, 11) is 0. The molecule has 1 aliphatic heterocycles. The predicted molar refractivity (Wildman–Crippen MR) is 155 cm³/mol. The molecule has 1 aliphatic carbocycles. The number of hydrogen-bond donors (Lipinski definition) is 4. The van der Waals surface area contributed by atoms with Crippen molar-refractivity contribution >= 4 is 60.9 Å². The molecule has 1 saturated heterocycles. The van der Waals surface area contributed by atoms with Gasteiger partial charge in [0.25, 0.3) is 5.91 Å². The summed E-state index contributed by atoms with van der Waals surface area (Å²) in [5, 5.41) is 9.79. The van der Waals surface area contributed by atoms with Crippen molar-refractivity contribution in [3.05, 3.63) is 52.0 Å². The first-order valence-electron chi connectivity index (χ1n) is 13.1. The molecular formula is C27H31N6O4S2+. The van der Waals surface area contributed by atoms with Gasteiger partial charge in [-0.25, -0.2) is 4.98 Å². The molecule has 0 bridgehead atoms. The van der Waals surface area contributed by atoms with Crippen LogP contribution in [0.1, 0.15) is 36.2 Å². The summed E-state index contributed by atoms with van der Waals surface area (Å²) < 4.78 is 12.0. The number of primary amides is 1. The SMILES string of the molecule is NC(=O)c1ncc(N[C@H]2CCCC[C@H]2[NH3+])cc1Nc1ccsc1-c1coc2c(=O)cc(N3CCOCC3)sc12. The molecule has 0 unspecified atom stereocenters. The zero-order valence-corrected chi connectivity index (χ0v) is 23.0. The number of nitrogens with one attached hydrogen (secondary N) is 2. The van der Waals surface area contributed by atoms with Gasteiger partial charge in [0.2, 0.25) is 5.43 Å². The smallest absolute Gasteiger partial charge is 0.269 e. The van der Waals surface area contributed by atoms with Crippen LogP contribution in [0.15, 0.2) is 45.3 Å². The molecule has 1 amide bonds. The third-order valence-electron chi connectivity index (χ3n) is 7.31. The summed E-state index contributed by atoms with van der Waals surface area (Å²) in [6.45, 7) is 2.75. The molecule has 2 fully saturated rings. The number of amides is 1. The lowest BCUT2D eigenvalue weighted by Crippen LogP contribution is -2.68. The summed E-state index contributed by atoms with van der Waals surface area (Å²) in [6.07, 6.45) is 7.78. The highest BCUT2D eigenvalue weighted by Gasteiger charge is 2.26. The van der Waals surface area contributed by atoms with Crippen LogP contribution in [0.4, 0.5) is 22.1 Å². The van der Waals surface area contributed by atoms with Crippen molar-refractivity contribution in [1.82, 2.24) is 4.98 Å². The van der Waals surface area contributed by atoms with Crippen LogP contribution in [0, 0.1) is 0 Å². The highest BCUT2D eigenvalue weighted by Crippen LogP contribution is 2.43. The number of hydrogen-bond acceptors (Lipinski definition) is 10. The number of nitrogens with zero attached hydrogens (tertiary/aromatic N) is 2. The lowest BCUT2D eigenvalue weighted by atomic mass is 9.91. The monoisotopic (exact) mass is 567 g/mol. The van der Waals surface area contributed by atoms with E-state index in [0.29, 0.717) is 30.5 Å². The molecule has 2 aliphatic rings. The minimum Gasteiger partial charge on any atom is -0.459 e. The predicted octanol–water partition coefficient (Wildman–Crippen LogP) is 3.62. The topological polar surface area (TPSA) is 150 Å². The minimum atomic E-state index is -0.615. The van der Waals surface area contributed by atoms with Gasteiger partial charge in [-0.15, -0.1) is 22.7 Å². The molecule has 7 N–H and O–H groups in total. The second-order valence-electron chi connectivity index (χ2n) is 9.92. The molecule has 5 heterocycles. The molecule has 204 valence electrons. The van der Waals surface area contributed by atoms with Crippen molar-refractivity contribution in [2.75, 3.05) is 41.8 Å². The average molecular weight is 568 g/mol. The summed E-state index contributed by atoms with van der Waals surface area (Å²) in [5.74, 6) is -0.615. The fourth-order valence-electron chi connectivity index (χ4n) is 5.23. The molecule has 2 atom stereocenters. The second-order valence-corrected chi connectivity index (χ2v) is 11.9. The maximum atomic E-state index is 12.9. The number of morpholine rings is 1. The number of carbonyl (C=O) groups excluding carboxylic acids is 1. The van der Waals surface area contributed by atoms with E-state index in [1.54, 1.807) is 18.5 Å². The van der Waals surface area contributed by atoms with Crippen molar-refractivity contribution < 1.29 is 19.7 Å². The first-order chi connectivity index (χ1) is 19.0. The van der Waals surface area contributed by atoms with Gasteiger partial charge in [0.05, 0.1) is 62.7 Å². The Bertz CT molecular complexity index is 1560. The van der Waals surface area contributed by atoms with E-state index in [9.17, 15) is 9.59 Å². The quantitative estimate of drug-likeness (QED) is 0.264. The zero-order chi connectivity index (χ0) is 26.9. The number of anilines is 4. The lowest BCUT2D eigenvalue weighted by molar-refractivity contribution is -0.427. The number of fused-ring (bicyclic) bond motifs is 1. The first kappa shape index (κ1) is 25.8. The zero-order valence-electron chi connectivity index (χ0n) is 21.4. The molecule has 0 spiro atoms. The maximum Gasteiger partial charge on any atom is 0.269 e. The number of ether oxygens (including phenoxy) is 1. The molecule has 39 heavy (non-hydrogen) atoms. The number of pyridine rings is 1. The standard InChI is InChI=1S/C27H30N6O4S2/c28-17-3-1-2-4-18(17)31-15-11-20(23(27(29)35)30-13-15)32-19-5-10-38-25(19)16-14-37-24-21(34)12-22(39-26(16)24)33-6-8-36-9-7-33/h5,10-14,17-18,31-32H,1-4,6-9,28H2,(H2,29,35)/p+1/t17-,18+/m1/s1. The average Bonchev–Trinajstić information content (AvgIpc) is 3.57. The molecule has 4 aromatic rings. The van der Waals surface area contributed by atoms with E-state index in [0.717, 1.165) is 63.9 Å². The Hall–Kier alpha value is -3.45. The van der Waals surface area contributed by atoms with Gasteiger partial charge in [-0.3, -0.25) is 9.59 Å². The molecule has 12 heteroatoms. The molecule has 0 aromatic carbocycles. The summed E-state index contributed by atoms with van der Waals surface area (Å²) in [4.78, 5) is 32.6. The van der Waals surface area contributed by atoms with Crippen LogP contribution >= 0.6 is 22.7 Å². The Morgan fingerprint density at radius 2 is 2.00 bits per heavy atom. The summed E-state index contributed by atoms with van der Waals surface area (Å²) in [5.41, 5.74) is 13.2. The largest absolute Gasteiger partial charge is 0.459 e. The number of aromatic nitrogens is 1. The third-order valence-corrected chi connectivity index (χ3v) is 9.46. The van der Waals surface area contributed by atoms with Crippen molar-refractivity contribution in [1.29, 1.82) is 0 Å². The van der Waals surface area contributed by atoms with Crippen LogP contribution in [0.5, 0.6) is 0 Å². The molecular weight excluding hydrogens is 536 g/mol. The van der Waals surface area contributed by atoms with Crippen LogP contribution in [0.25, 0.3) is 20.7 Å². The number of thiophene rings is 1. The maximum absolute atomic E-state index is 12.9. The Kier molecular flexibility index (Phi) is 7.26. The normalized spacial score (nSPS) is 19.8. The van der Waals surface area contributed by atoms with Crippen LogP contribution in [0.3, 0.4) is 0 Å². The Balaban J connectivity index is 1.34. The van der Waals surface area contributed by atoms with Gasteiger partial charge in [-0.1, -0.05) is 6.42 Å². The van der Waals surface area contributed by atoms with E-state index in [1.807, 2.05) is 17.5 Å². The van der Waals surface area contributed by atoms with Gasteiger partial charge < -0.3 is 36.2 Å². The summed E-state index contributed by atoms with van der Waals surface area (Å²) >= 11 is 3.06. The Morgan fingerprint density at radius 3 is 2.79 bits per heavy atom. The molecule has 1 saturated carbocycles. The number of furan rings is 1. The van der Waals surface area contributed by atoms with E-state index in [2.05, 4.69) is 26.3 Å². The van der Waals surface area contributed by atoms with Gasteiger partial charge in [0.1, 0.15) is 12.3 Å². The highest BCUT2D eigenvalue weighted by atomic mass is 32.1. The fourth-order valence-corrected chi connectivity index (χ4v) is 7.35. The minimum absolute atomic E-state index is 0.145. The van der Waals surface area contributed by atoms with Gasteiger partial charge in [0, 0.05) is 25.6 Å². The molecule has 10 nitrogen and oxygen atoms in total. The van der Waals surface area contributed by atoms with Gasteiger partial charge >= 0.3 is 0 Å². The number of carbonyl (C=O) groups is 1. The van der Waals surface area contributed by atoms with Crippen molar-refractivity contribution in [2.45, 2.75) is 37.8 Å². The van der Waals surface area contributed by atoms with Crippen molar-refractivity contribution in [3.63, 3.8) is 0 Å². The number of quaternary nitrogens is 1. The lowest BCUT2D eigenvalue weighted by Gasteiger charge is -2.28. The second kappa shape index (κ2) is 11.0. The van der Waals surface area contributed by atoms with E-state index in [-0.39, 0.29) is 17.2 Å². The van der Waals surface area contributed by atoms with E-state index < -0.39 is 5.91 Å². The van der Waals surface area contributed by atoms with Crippen LogP contribution in [-0.4, -0.2) is 49.3 Å². The van der Waals surface area contributed by atoms with Crippen LogP contribution < -0.4 is 32.4 Å². The molecule has 0 radical (unpaired) electrons. The molecule has 4 aromatic heterocycles. The number of nitrogens with two attached hydrogens (primary N) is 1. The fraction of sp³-hybridized carbons (Fsp3) is 0.370. The Labute approximate surface area is 233 Å². The molecule has 6 rings (SSSR count). The van der Waals surface area contributed by atoms with Crippen molar-refractivity contribution in [3.8, 4) is 10.4 Å². The van der Waals surface area contributed by atoms with Crippen molar-refractivity contribution in [2.24, 2.45) is 5.73 Å². The van der Waals surface area contributed by atoms with Crippen LogP contribution in [0.2, 0.25) is 0 Å². The number of rotatable bonds is 7. The summed E-state index contributed by atoms with van der Waals surface area (Å²) in [6, 6.07) is 6.03.